The lowest BCUT2D eigenvalue weighted by Gasteiger charge is -2.34. The van der Waals surface area contributed by atoms with Gasteiger partial charge in [-0.3, -0.25) is 0 Å². The second-order valence-electron chi connectivity index (χ2n) is 8.07. The van der Waals surface area contributed by atoms with E-state index in [1.807, 2.05) is 0 Å². The van der Waals surface area contributed by atoms with Crippen LogP contribution in [-0.2, 0) is 10.1 Å². The number of hydrogen-bond acceptors (Lipinski definition) is 3. The first-order valence-electron chi connectivity index (χ1n) is 11.1. The minimum Gasteiger partial charge on any atom is -0.748 e. The number of halogens is 11. The van der Waals surface area contributed by atoms with Gasteiger partial charge in [0.2, 0.25) is 0 Å². The summed E-state index contributed by atoms with van der Waals surface area (Å²) in [5.74, 6) is -2.18. The fourth-order valence-corrected chi connectivity index (χ4v) is 3.74. The van der Waals surface area contributed by atoms with Crippen LogP contribution in [-0.4, -0.2) is 118 Å². The summed E-state index contributed by atoms with van der Waals surface area (Å²) in [6.45, 7) is 12.1. The Labute approximate surface area is 204 Å². The van der Waals surface area contributed by atoms with Crippen molar-refractivity contribution in [3.05, 3.63) is 0 Å². The molecule has 0 aromatic rings. The summed E-state index contributed by atoms with van der Waals surface area (Å²) >= 11 is 0. The molecule has 0 heterocycles. The van der Waals surface area contributed by atoms with Crippen molar-refractivity contribution in [3.63, 3.8) is 0 Å². The van der Waals surface area contributed by atoms with Gasteiger partial charge >= 0.3 is 0 Å². The first-order chi connectivity index (χ1) is 16.4. The molecule has 0 saturated heterocycles. The predicted molar refractivity (Wildman–Crippen MR) is 112 cm³/mol. The van der Waals surface area contributed by atoms with Gasteiger partial charge in [-0.1, -0.05) is 0 Å². The van der Waals surface area contributed by atoms with Crippen molar-refractivity contribution in [1.82, 2.24) is 0 Å². The van der Waals surface area contributed by atoms with E-state index in [-0.39, 0.29) is 0 Å². The first-order valence-corrected chi connectivity index (χ1v) is 12.7. The maximum atomic E-state index is 13.4. The Bertz CT molecular complexity index is 672. The number of alkyl halides is 11. The minimum absolute atomic E-state index is 1.28. The molecule has 0 aliphatic heterocycles. The van der Waals surface area contributed by atoms with Gasteiger partial charge in [-0.2, -0.15) is 0 Å². The Kier molecular flexibility index (Phi) is 17.4. The summed E-state index contributed by atoms with van der Waals surface area (Å²) < 4.78 is 175. The van der Waals surface area contributed by atoms with Crippen molar-refractivity contribution in [2.24, 2.45) is 0 Å². The maximum Gasteiger partial charge on any atom is 0.168 e. The zero-order chi connectivity index (χ0) is 29.0. The summed E-state index contributed by atoms with van der Waals surface area (Å²) in [5.41, 5.74) is 0. The van der Waals surface area contributed by atoms with Crippen LogP contribution in [0, 0.1) is 0 Å². The van der Waals surface area contributed by atoms with Crippen LogP contribution < -0.4 is 0 Å². The fraction of sp³-hybridized carbons (Fsp3) is 1.00. The van der Waals surface area contributed by atoms with E-state index < -0.39 is 84.3 Å². The number of quaternary nitrogens is 1. The maximum absolute atomic E-state index is 13.4. The summed E-state index contributed by atoms with van der Waals surface area (Å²) in [5, 5.41) is 0. The third-order valence-corrected chi connectivity index (χ3v) is 6.74. The zero-order valence-electron chi connectivity index (χ0n) is 20.3. The predicted octanol–water partition coefficient (Wildman–Crippen LogP) is 4.76. The third-order valence-electron chi connectivity index (χ3n) is 6.01. The van der Waals surface area contributed by atoms with Crippen LogP contribution in [0.3, 0.4) is 0 Å². The molecule has 4 nitrogen and oxygen atoms in total. The number of rotatable bonds is 16. The van der Waals surface area contributed by atoms with Crippen molar-refractivity contribution in [2.45, 2.75) is 89.4 Å². The van der Waals surface area contributed by atoms with Gasteiger partial charge in [0.1, 0.15) is 12.8 Å². The molecule has 0 radical (unpaired) electrons. The standard InChI is InChI=1S/C12H15F11O3S.C8H20N/c13-1-3(14)5(16)7(18)9(20)11(22)12(23)10(21)8(19)6(17)4(15)2-27(24,25)26;1-5-9(6-2,7-3)8-4/h3-12H,1-2H2,(H,24,25,26);5-8H2,1-4H3/q;+1/p-1. The van der Waals surface area contributed by atoms with Gasteiger partial charge in [-0.05, 0) is 27.7 Å². The quantitative estimate of drug-likeness (QED) is 0.151. The van der Waals surface area contributed by atoms with E-state index in [0.717, 1.165) is 0 Å². The molecule has 0 rings (SSSR count). The molecule has 0 aliphatic carbocycles. The Balaban J connectivity index is 0. The average Bonchev–Trinajstić information content (AvgIpc) is 2.85. The first kappa shape index (κ1) is 37.3. The highest BCUT2D eigenvalue weighted by Gasteiger charge is 2.49. The Hall–Kier alpha value is -0.900. The monoisotopic (exact) mass is 577 g/mol. The molecule has 0 spiro atoms. The van der Waals surface area contributed by atoms with E-state index in [1.54, 1.807) is 0 Å². The highest BCUT2D eigenvalue weighted by molar-refractivity contribution is 7.85. The molecule has 220 valence electrons. The Morgan fingerprint density at radius 2 is 0.806 bits per heavy atom. The molecule has 0 amide bonds. The van der Waals surface area contributed by atoms with Gasteiger partial charge in [0.05, 0.1) is 42.1 Å². The highest BCUT2D eigenvalue weighted by atomic mass is 32.2. The van der Waals surface area contributed by atoms with E-state index in [0.29, 0.717) is 0 Å². The van der Waals surface area contributed by atoms with Gasteiger partial charge in [0.25, 0.3) is 0 Å². The molecule has 16 heteroatoms. The lowest BCUT2D eigenvalue weighted by molar-refractivity contribution is -0.921. The summed E-state index contributed by atoms with van der Waals surface area (Å²) in [6.07, 6.45) is -38.1. The third kappa shape index (κ3) is 11.7. The summed E-state index contributed by atoms with van der Waals surface area (Å²) in [6, 6.07) is 0. The highest BCUT2D eigenvalue weighted by Crippen LogP contribution is 2.29. The second kappa shape index (κ2) is 16.8. The lowest BCUT2D eigenvalue weighted by atomic mass is 9.96. The summed E-state index contributed by atoms with van der Waals surface area (Å²) in [4.78, 5) is 0. The zero-order valence-corrected chi connectivity index (χ0v) is 21.1. The smallest absolute Gasteiger partial charge is 0.168 e. The van der Waals surface area contributed by atoms with Crippen molar-refractivity contribution in [1.29, 1.82) is 0 Å². The van der Waals surface area contributed by atoms with Crippen LogP contribution in [0.25, 0.3) is 0 Å². The van der Waals surface area contributed by atoms with Crippen molar-refractivity contribution < 1.29 is 65.7 Å². The number of hydrogen-bond donors (Lipinski definition) is 0. The lowest BCUT2D eigenvalue weighted by Crippen LogP contribution is -2.49. The van der Waals surface area contributed by atoms with Crippen LogP contribution >= 0.6 is 0 Å². The molecule has 36 heavy (non-hydrogen) atoms. The van der Waals surface area contributed by atoms with E-state index >= 15 is 0 Å². The topological polar surface area (TPSA) is 57.2 Å². The van der Waals surface area contributed by atoms with Crippen molar-refractivity contribution in [2.75, 3.05) is 38.6 Å². The molecular formula is C20H34F11NO3S. The van der Waals surface area contributed by atoms with Crippen molar-refractivity contribution >= 4 is 10.1 Å². The molecular weight excluding hydrogens is 543 g/mol. The van der Waals surface area contributed by atoms with Crippen LogP contribution in [0.2, 0.25) is 0 Å². The largest absolute Gasteiger partial charge is 0.748 e. The van der Waals surface area contributed by atoms with Gasteiger partial charge in [-0.25, -0.2) is 56.7 Å². The molecule has 0 aliphatic rings. The molecule has 0 saturated carbocycles. The van der Waals surface area contributed by atoms with Gasteiger partial charge in [0.15, 0.2) is 55.5 Å². The van der Waals surface area contributed by atoms with Crippen molar-refractivity contribution in [3.8, 4) is 0 Å². The van der Waals surface area contributed by atoms with Crippen LogP contribution in [0.15, 0.2) is 0 Å². The molecule has 0 bridgehead atoms. The van der Waals surface area contributed by atoms with Gasteiger partial charge in [0, 0.05) is 0 Å². The van der Waals surface area contributed by atoms with Gasteiger partial charge in [-0.15, -0.1) is 0 Å². The van der Waals surface area contributed by atoms with Crippen LogP contribution in [0.1, 0.15) is 27.7 Å². The summed E-state index contributed by atoms with van der Waals surface area (Å²) in [7, 11) is -5.45. The molecule has 0 N–H and O–H groups in total. The number of nitrogens with zero attached hydrogens (tertiary/aromatic N) is 1. The molecule has 0 aromatic carbocycles. The van der Waals surface area contributed by atoms with Crippen LogP contribution in [0.4, 0.5) is 48.3 Å². The normalized spacial score (nSPS) is 21.1. The molecule has 10 unspecified atom stereocenters. The molecule has 10 atom stereocenters. The second-order valence-corrected chi connectivity index (χ2v) is 9.52. The molecule has 0 aromatic heterocycles. The fourth-order valence-electron chi connectivity index (χ4n) is 3.17. The van der Waals surface area contributed by atoms with E-state index in [9.17, 15) is 61.3 Å². The SMILES string of the molecule is CC[N+](CC)(CC)CC.O=S(=O)([O-])CC(F)C(F)C(F)C(F)C(F)C(F)C(F)C(F)C(F)C(F)CF. The van der Waals surface area contributed by atoms with E-state index in [1.165, 1.54) is 30.7 Å². The Morgan fingerprint density at radius 1 is 0.556 bits per heavy atom. The minimum atomic E-state index is -5.45. The van der Waals surface area contributed by atoms with E-state index in [2.05, 4.69) is 27.7 Å². The molecule has 0 fully saturated rings. The van der Waals surface area contributed by atoms with Crippen LogP contribution in [0.5, 0.6) is 0 Å². The Morgan fingerprint density at radius 3 is 1.00 bits per heavy atom. The van der Waals surface area contributed by atoms with Gasteiger partial charge < -0.3 is 9.04 Å². The van der Waals surface area contributed by atoms with E-state index in [4.69, 9.17) is 0 Å². The average molecular weight is 578 g/mol.